The zero-order valence-electron chi connectivity index (χ0n) is 15.6. The number of methoxy groups -OCH3 is 1. The highest BCUT2D eigenvalue weighted by Crippen LogP contribution is 2.22. The molecule has 1 saturated heterocycles. The van der Waals surface area contributed by atoms with Crippen LogP contribution in [0.2, 0.25) is 0 Å². The van der Waals surface area contributed by atoms with E-state index in [9.17, 15) is 22.0 Å². The van der Waals surface area contributed by atoms with Crippen LogP contribution in [0.25, 0.3) is 0 Å². The van der Waals surface area contributed by atoms with E-state index in [-0.39, 0.29) is 48.3 Å². The van der Waals surface area contributed by atoms with Gasteiger partial charge < -0.3 is 14.4 Å². The Bertz CT molecular complexity index is 959. The van der Waals surface area contributed by atoms with Crippen LogP contribution in [0.15, 0.2) is 53.4 Å². The van der Waals surface area contributed by atoms with Crippen LogP contribution in [-0.2, 0) is 10.0 Å². The van der Waals surface area contributed by atoms with E-state index in [0.29, 0.717) is 5.75 Å². The van der Waals surface area contributed by atoms with Gasteiger partial charge in [-0.2, -0.15) is 13.1 Å². The molecule has 0 N–H and O–H groups in total. The molecule has 2 aromatic rings. The fourth-order valence-corrected chi connectivity index (χ4v) is 4.44. The standard InChI is InChI=1S/C19H20F2N2O5S/c1-27-15-5-7-17(8-6-15)29(25,26)23-11-9-22(10-12-23)18(24)14-3-2-4-16(13-14)28-19(20)21/h2-8,13,19H,9-12H2,1H3. The van der Waals surface area contributed by atoms with Gasteiger partial charge in [0.05, 0.1) is 12.0 Å². The molecule has 0 spiro atoms. The molecule has 1 heterocycles. The molecule has 156 valence electrons. The van der Waals surface area contributed by atoms with Crippen molar-refractivity contribution in [3.8, 4) is 11.5 Å². The van der Waals surface area contributed by atoms with Crippen LogP contribution in [0, 0.1) is 0 Å². The highest BCUT2D eigenvalue weighted by Gasteiger charge is 2.30. The second-order valence-electron chi connectivity index (χ2n) is 6.28. The van der Waals surface area contributed by atoms with Crippen molar-refractivity contribution < 1.29 is 31.5 Å². The van der Waals surface area contributed by atoms with Crippen LogP contribution < -0.4 is 9.47 Å². The van der Waals surface area contributed by atoms with Crippen LogP contribution >= 0.6 is 0 Å². The van der Waals surface area contributed by atoms with Crippen molar-refractivity contribution in [3.63, 3.8) is 0 Å². The fraction of sp³-hybridized carbons (Fsp3) is 0.316. The van der Waals surface area contributed by atoms with Gasteiger partial charge in [-0.25, -0.2) is 8.42 Å². The Hall–Kier alpha value is -2.72. The number of amides is 1. The van der Waals surface area contributed by atoms with Crippen molar-refractivity contribution in [1.82, 2.24) is 9.21 Å². The number of hydrogen-bond acceptors (Lipinski definition) is 5. The molecule has 0 bridgehead atoms. The molecule has 0 saturated carbocycles. The molecule has 0 aliphatic carbocycles. The third-order valence-electron chi connectivity index (χ3n) is 4.53. The molecule has 0 aromatic heterocycles. The van der Waals surface area contributed by atoms with Gasteiger partial charge in [-0.15, -0.1) is 0 Å². The van der Waals surface area contributed by atoms with Gasteiger partial charge in [0.1, 0.15) is 11.5 Å². The van der Waals surface area contributed by atoms with Gasteiger partial charge in [-0.05, 0) is 42.5 Å². The number of rotatable bonds is 6. The van der Waals surface area contributed by atoms with Crippen LogP contribution in [0.4, 0.5) is 8.78 Å². The first-order valence-electron chi connectivity index (χ1n) is 8.79. The predicted octanol–water partition coefficient (Wildman–Crippen LogP) is 2.44. The lowest BCUT2D eigenvalue weighted by Crippen LogP contribution is -2.50. The second-order valence-corrected chi connectivity index (χ2v) is 8.22. The van der Waals surface area contributed by atoms with Gasteiger partial charge in [-0.3, -0.25) is 4.79 Å². The maximum atomic E-state index is 12.8. The Kier molecular flexibility index (Phi) is 6.33. The summed E-state index contributed by atoms with van der Waals surface area (Å²) in [6.45, 7) is -2.34. The average Bonchev–Trinajstić information content (AvgIpc) is 2.73. The minimum Gasteiger partial charge on any atom is -0.497 e. The number of benzene rings is 2. The quantitative estimate of drug-likeness (QED) is 0.709. The summed E-state index contributed by atoms with van der Waals surface area (Å²) in [5, 5.41) is 0. The highest BCUT2D eigenvalue weighted by molar-refractivity contribution is 7.89. The van der Waals surface area contributed by atoms with Gasteiger partial charge in [0.25, 0.3) is 5.91 Å². The lowest BCUT2D eigenvalue weighted by atomic mass is 10.1. The molecular weight excluding hydrogens is 406 g/mol. The number of halogens is 2. The van der Waals surface area contributed by atoms with E-state index < -0.39 is 16.6 Å². The molecule has 0 radical (unpaired) electrons. The summed E-state index contributed by atoms with van der Waals surface area (Å²) >= 11 is 0. The second kappa shape index (κ2) is 8.75. The first-order valence-corrected chi connectivity index (χ1v) is 10.2. The van der Waals surface area contributed by atoms with Gasteiger partial charge in [0.2, 0.25) is 10.0 Å². The molecule has 1 aliphatic heterocycles. The van der Waals surface area contributed by atoms with Crippen molar-refractivity contribution in [2.75, 3.05) is 33.3 Å². The normalized spacial score (nSPS) is 15.4. The molecule has 1 fully saturated rings. The molecule has 0 atom stereocenters. The number of alkyl halides is 2. The Morgan fingerprint density at radius 2 is 1.66 bits per heavy atom. The number of hydrogen-bond donors (Lipinski definition) is 0. The van der Waals surface area contributed by atoms with E-state index in [2.05, 4.69) is 4.74 Å². The predicted molar refractivity (Wildman–Crippen MR) is 101 cm³/mol. The summed E-state index contributed by atoms with van der Waals surface area (Å²) in [5.41, 5.74) is 0.203. The molecule has 1 aliphatic rings. The molecular formula is C19H20F2N2O5S. The van der Waals surface area contributed by atoms with Gasteiger partial charge in [-0.1, -0.05) is 6.07 Å². The van der Waals surface area contributed by atoms with Crippen LogP contribution in [0.1, 0.15) is 10.4 Å². The fourth-order valence-electron chi connectivity index (χ4n) is 3.02. The highest BCUT2D eigenvalue weighted by atomic mass is 32.2. The van der Waals surface area contributed by atoms with E-state index in [4.69, 9.17) is 4.74 Å². The monoisotopic (exact) mass is 426 g/mol. The molecule has 2 aromatic carbocycles. The summed E-state index contributed by atoms with van der Waals surface area (Å²) in [6.07, 6.45) is 0. The van der Waals surface area contributed by atoms with Crippen LogP contribution in [-0.4, -0.2) is 63.4 Å². The van der Waals surface area contributed by atoms with E-state index >= 15 is 0 Å². The maximum absolute atomic E-state index is 12.8. The molecule has 3 rings (SSSR count). The SMILES string of the molecule is COc1ccc(S(=O)(=O)N2CCN(C(=O)c3cccc(OC(F)F)c3)CC2)cc1. The minimum atomic E-state index is -3.68. The Morgan fingerprint density at radius 1 is 1.00 bits per heavy atom. The summed E-state index contributed by atoms with van der Waals surface area (Å²) in [5.74, 6) is 0.0789. The van der Waals surface area contributed by atoms with Crippen molar-refractivity contribution in [3.05, 3.63) is 54.1 Å². The van der Waals surface area contributed by atoms with Gasteiger partial charge in [0, 0.05) is 31.7 Å². The molecule has 1 amide bonds. The average molecular weight is 426 g/mol. The summed E-state index contributed by atoms with van der Waals surface area (Å²) in [6, 6.07) is 11.6. The largest absolute Gasteiger partial charge is 0.497 e. The van der Waals surface area contributed by atoms with E-state index in [1.54, 1.807) is 12.1 Å². The first-order chi connectivity index (χ1) is 13.8. The Balaban J connectivity index is 1.66. The number of sulfonamides is 1. The first kappa shape index (κ1) is 21.0. The smallest absolute Gasteiger partial charge is 0.387 e. The lowest BCUT2D eigenvalue weighted by molar-refractivity contribution is -0.0499. The summed E-state index contributed by atoms with van der Waals surface area (Å²) < 4.78 is 60.9. The van der Waals surface area contributed by atoms with Crippen LogP contribution in [0.5, 0.6) is 11.5 Å². The van der Waals surface area contributed by atoms with Crippen molar-refractivity contribution in [1.29, 1.82) is 0 Å². The zero-order chi connectivity index (χ0) is 21.0. The van der Waals surface area contributed by atoms with Gasteiger partial charge >= 0.3 is 6.61 Å². The lowest BCUT2D eigenvalue weighted by Gasteiger charge is -2.34. The van der Waals surface area contributed by atoms with E-state index in [1.807, 2.05) is 0 Å². The van der Waals surface area contributed by atoms with Crippen molar-refractivity contribution >= 4 is 15.9 Å². The number of carbonyl (C=O) groups excluding carboxylic acids is 1. The summed E-state index contributed by atoms with van der Waals surface area (Å²) in [4.78, 5) is 14.3. The number of nitrogens with zero attached hydrogens (tertiary/aromatic N) is 2. The third-order valence-corrected chi connectivity index (χ3v) is 6.44. The number of piperazine rings is 1. The van der Waals surface area contributed by atoms with E-state index in [0.717, 1.165) is 0 Å². The van der Waals surface area contributed by atoms with Crippen molar-refractivity contribution in [2.45, 2.75) is 11.5 Å². The minimum absolute atomic E-state index is 0.105. The molecule has 0 unspecified atom stereocenters. The number of ether oxygens (including phenoxy) is 2. The molecule has 7 nitrogen and oxygen atoms in total. The topological polar surface area (TPSA) is 76.2 Å². The molecule has 10 heteroatoms. The Morgan fingerprint density at radius 3 is 2.24 bits per heavy atom. The van der Waals surface area contributed by atoms with Gasteiger partial charge in [0.15, 0.2) is 0 Å². The van der Waals surface area contributed by atoms with E-state index in [1.165, 1.54) is 52.7 Å². The van der Waals surface area contributed by atoms with Crippen molar-refractivity contribution in [2.24, 2.45) is 0 Å². The Labute approximate surface area is 167 Å². The molecule has 29 heavy (non-hydrogen) atoms. The zero-order valence-corrected chi connectivity index (χ0v) is 16.4. The number of carbonyl (C=O) groups is 1. The third kappa shape index (κ3) is 4.83. The maximum Gasteiger partial charge on any atom is 0.387 e. The summed E-state index contributed by atoms with van der Waals surface area (Å²) in [7, 11) is -2.19. The van der Waals surface area contributed by atoms with Crippen LogP contribution in [0.3, 0.4) is 0 Å².